The lowest BCUT2D eigenvalue weighted by molar-refractivity contribution is -0.146. The van der Waals surface area contributed by atoms with E-state index >= 15 is 0 Å². The summed E-state index contributed by atoms with van der Waals surface area (Å²) in [5.41, 5.74) is -1.18. The minimum Gasteiger partial charge on any atom is -0.480 e. The lowest BCUT2D eigenvalue weighted by atomic mass is 9.90. The maximum absolute atomic E-state index is 12.1. The van der Waals surface area contributed by atoms with Gasteiger partial charge in [-0.25, -0.2) is 4.79 Å². The number of amides is 1. The van der Waals surface area contributed by atoms with Crippen LogP contribution in [0.2, 0.25) is 0 Å². The fourth-order valence-corrected chi connectivity index (χ4v) is 2.57. The molecule has 0 heterocycles. The van der Waals surface area contributed by atoms with Crippen molar-refractivity contribution in [2.45, 2.75) is 64.8 Å². The third-order valence-corrected chi connectivity index (χ3v) is 3.93. The molecule has 0 radical (unpaired) electrons. The number of hydrogen-bond acceptors (Lipinski definition) is 2. The summed E-state index contributed by atoms with van der Waals surface area (Å²) in [5, 5.41) is 11.7. The highest BCUT2D eigenvalue weighted by Crippen LogP contribution is 2.31. The number of hydrogen-bond donors (Lipinski definition) is 2. The lowest BCUT2D eigenvalue weighted by Crippen LogP contribution is -2.51. The summed E-state index contributed by atoms with van der Waals surface area (Å²) in [5.74, 6) is -0.510. The first-order valence-electron chi connectivity index (χ1n) is 6.92. The van der Waals surface area contributed by atoms with E-state index in [1.165, 1.54) is 39.5 Å². The van der Waals surface area contributed by atoms with Gasteiger partial charge in [-0.15, -0.1) is 0 Å². The van der Waals surface area contributed by atoms with Crippen molar-refractivity contribution in [1.29, 1.82) is 0 Å². The van der Waals surface area contributed by atoms with Crippen LogP contribution in [0.5, 0.6) is 0 Å². The van der Waals surface area contributed by atoms with Crippen LogP contribution in [0.25, 0.3) is 0 Å². The van der Waals surface area contributed by atoms with E-state index in [4.69, 9.17) is 5.11 Å². The number of rotatable bonds is 6. The number of carbonyl (C=O) groups excluding carboxylic acids is 1. The molecular weight excluding hydrogens is 230 g/mol. The van der Waals surface area contributed by atoms with Crippen LogP contribution in [0.15, 0.2) is 0 Å². The van der Waals surface area contributed by atoms with Gasteiger partial charge in [0.25, 0.3) is 0 Å². The Kier molecular flexibility index (Phi) is 5.17. The Balaban J connectivity index is 2.53. The summed E-state index contributed by atoms with van der Waals surface area (Å²) in [6.45, 7) is 5.04. The Morgan fingerprint density at radius 3 is 2.33 bits per heavy atom. The second-order valence-electron chi connectivity index (χ2n) is 5.91. The SMILES string of the molecule is CCC(CC1CCCC1)C(=O)NC(C)(C)C(=O)O. The Hall–Kier alpha value is -1.06. The van der Waals surface area contributed by atoms with E-state index in [1.54, 1.807) is 0 Å². The number of nitrogens with one attached hydrogen (secondary N) is 1. The summed E-state index contributed by atoms with van der Waals surface area (Å²) in [7, 11) is 0. The maximum atomic E-state index is 12.1. The molecule has 18 heavy (non-hydrogen) atoms. The van der Waals surface area contributed by atoms with E-state index in [-0.39, 0.29) is 11.8 Å². The van der Waals surface area contributed by atoms with E-state index in [0.29, 0.717) is 5.92 Å². The number of carboxylic acids is 1. The van der Waals surface area contributed by atoms with Gasteiger partial charge < -0.3 is 10.4 Å². The molecule has 0 aromatic heterocycles. The summed E-state index contributed by atoms with van der Waals surface area (Å²) in [6.07, 6.45) is 6.64. The number of carboxylic acid groups (broad SMARTS) is 1. The Morgan fingerprint density at radius 1 is 1.33 bits per heavy atom. The van der Waals surface area contributed by atoms with E-state index in [0.717, 1.165) is 12.8 Å². The van der Waals surface area contributed by atoms with Gasteiger partial charge in [0.2, 0.25) is 5.91 Å². The highest BCUT2D eigenvalue weighted by molar-refractivity contribution is 5.87. The Labute approximate surface area is 109 Å². The number of carbonyl (C=O) groups is 2. The van der Waals surface area contributed by atoms with Crippen LogP contribution in [0.1, 0.15) is 59.3 Å². The van der Waals surface area contributed by atoms with Crippen LogP contribution in [-0.2, 0) is 9.59 Å². The molecule has 0 saturated heterocycles. The molecule has 4 heteroatoms. The quantitative estimate of drug-likeness (QED) is 0.766. The highest BCUT2D eigenvalue weighted by Gasteiger charge is 2.32. The number of aliphatic carboxylic acids is 1. The predicted molar refractivity (Wildman–Crippen MR) is 70.2 cm³/mol. The van der Waals surface area contributed by atoms with Crippen LogP contribution in [0.3, 0.4) is 0 Å². The first-order chi connectivity index (χ1) is 8.36. The van der Waals surface area contributed by atoms with E-state index < -0.39 is 11.5 Å². The van der Waals surface area contributed by atoms with Gasteiger partial charge in [-0.3, -0.25) is 4.79 Å². The molecule has 1 saturated carbocycles. The minimum absolute atomic E-state index is 0.0493. The predicted octanol–water partition coefficient (Wildman–Crippen LogP) is 2.57. The third kappa shape index (κ3) is 4.00. The topological polar surface area (TPSA) is 66.4 Å². The normalized spacial score (nSPS) is 18.6. The molecule has 2 N–H and O–H groups in total. The summed E-state index contributed by atoms with van der Waals surface area (Å²) >= 11 is 0. The molecule has 1 aliphatic carbocycles. The second-order valence-corrected chi connectivity index (χ2v) is 5.91. The lowest BCUT2D eigenvalue weighted by Gasteiger charge is -2.25. The van der Waals surface area contributed by atoms with Crippen LogP contribution in [-0.4, -0.2) is 22.5 Å². The molecule has 0 aromatic carbocycles. The highest BCUT2D eigenvalue weighted by atomic mass is 16.4. The fourth-order valence-electron chi connectivity index (χ4n) is 2.57. The smallest absolute Gasteiger partial charge is 0.328 e. The molecule has 0 spiro atoms. The largest absolute Gasteiger partial charge is 0.480 e. The molecular formula is C14H25NO3. The molecule has 0 aromatic rings. The van der Waals surface area contributed by atoms with E-state index in [1.807, 2.05) is 6.92 Å². The maximum Gasteiger partial charge on any atom is 0.328 e. The van der Waals surface area contributed by atoms with Crippen LogP contribution in [0.4, 0.5) is 0 Å². The van der Waals surface area contributed by atoms with Crippen molar-refractivity contribution in [1.82, 2.24) is 5.32 Å². The van der Waals surface area contributed by atoms with E-state index in [2.05, 4.69) is 5.32 Å². The van der Waals surface area contributed by atoms with Crippen LogP contribution in [0, 0.1) is 11.8 Å². The Morgan fingerprint density at radius 2 is 1.89 bits per heavy atom. The van der Waals surface area contributed by atoms with Crippen molar-refractivity contribution in [3.8, 4) is 0 Å². The molecule has 1 aliphatic rings. The zero-order chi connectivity index (χ0) is 13.8. The van der Waals surface area contributed by atoms with Gasteiger partial charge in [-0.2, -0.15) is 0 Å². The summed E-state index contributed by atoms with van der Waals surface area (Å²) in [6, 6.07) is 0. The Bertz CT molecular complexity index is 306. The third-order valence-electron chi connectivity index (χ3n) is 3.93. The molecule has 0 bridgehead atoms. The molecule has 104 valence electrons. The first-order valence-corrected chi connectivity index (χ1v) is 6.92. The van der Waals surface area contributed by atoms with Crippen molar-refractivity contribution in [3.63, 3.8) is 0 Å². The van der Waals surface area contributed by atoms with Crippen LogP contribution < -0.4 is 5.32 Å². The zero-order valence-electron chi connectivity index (χ0n) is 11.7. The molecule has 4 nitrogen and oxygen atoms in total. The van der Waals surface area contributed by atoms with Gasteiger partial charge in [0.05, 0.1) is 0 Å². The first kappa shape index (κ1) is 15.0. The molecule has 1 atom stereocenters. The average molecular weight is 255 g/mol. The fraction of sp³-hybridized carbons (Fsp3) is 0.857. The minimum atomic E-state index is -1.18. The molecule has 1 amide bonds. The average Bonchev–Trinajstić information content (AvgIpc) is 2.77. The standard InChI is InChI=1S/C14H25NO3/c1-4-11(9-10-7-5-6-8-10)12(16)15-14(2,3)13(17)18/h10-11H,4-9H2,1-3H3,(H,15,16)(H,17,18). The zero-order valence-corrected chi connectivity index (χ0v) is 11.7. The van der Waals surface area contributed by atoms with Gasteiger partial charge in [-0.05, 0) is 32.6 Å². The van der Waals surface area contributed by atoms with Crippen molar-refractivity contribution >= 4 is 11.9 Å². The van der Waals surface area contributed by atoms with Crippen molar-refractivity contribution in [2.24, 2.45) is 11.8 Å². The van der Waals surface area contributed by atoms with Gasteiger partial charge in [0.1, 0.15) is 5.54 Å². The van der Waals surface area contributed by atoms with Crippen molar-refractivity contribution < 1.29 is 14.7 Å². The molecule has 0 aliphatic heterocycles. The second kappa shape index (κ2) is 6.21. The molecule has 1 fully saturated rings. The summed E-state index contributed by atoms with van der Waals surface area (Å²) in [4.78, 5) is 23.1. The molecule has 1 rings (SSSR count). The van der Waals surface area contributed by atoms with Gasteiger partial charge in [0, 0.05) is 5.92 Å². The van der Waals surface area contributed by atoms with Crippen LogP contribution >= 0.6 is 0 Å². The van der Waals surface area contributed by atoms with Gasteiger partial charge in [-0.1, -0.05) is 32.6 Å². The van der Waals surface area contributed by atoms with Gasteiger partial charge >= 0.3 is 5.97 Å². The van der Waals surface area contributed by atoms with E-state index in [9.17, 15) is 9.59 Å². The van der Waals surface area contributed by atoms with Crippen molar-refractivity contribution in [3.05, 3.63) is 0 Å². The van der Waals surface area contributed by atoms with Gasteiger partial charge in [0.15, 0.2) is 0 Å². The van der Waals surface area contributed by atoms with Crippen molar-refractivity contribution in [2.75, 3.05) is 0 Å². The summed E-state index contributed by atoms with van der Waals surface area (Å²) < 4.78 is 0. The monoisotopic (exact) mass is 255 g/mol. The molecule has 1 unspecified atom stereocenters.